The maximum atomic E-state index is 12.8. The molecule has 21 heavy (non-hydrogen) atoms. The van der Waals surface area contributed by atoms with Gasteiger partial charge in [-0.15, -0.1) is 0 Å². The number of nitrogens with zero attached hydrogens (tertiary/aromatic N) is 1. The van der Waals surface area contributed by atoms with Crippen molar-refractivity contribution in [2.45, 2.75) is 38.1 Å². The second-order valence-electron chi connectivity index (χ2n) is 5.28. The number of ketones is 1. The van der Waals surface area contributed by atoms with Crippen LogP contribution in [0.4, 0.5) is 4.39 Å². The van der Waals surface area contributed by atoms with Gasteiger partial charge in [0.2, 0.25) is 5.91 Å². The fraction of sp³-hybridized carbons (Fsp3) is 0.438. The zero-order valence-corrected chi connectivity index (χ0v) is 11.6. The first-order valence-electron chi connectivity index (χ1n) is 7.11. The Morgan fingerprint density at radius 3 is 2.38 bits per heavy atom. The average molecular weight is 288 g/mol. The molecule has 1 aliphatic rings. The van der Waals surface area contributed by atoms with E-state index in [0.717, 1.165) is 44.2 Å². The summed E-state index contributed by atoms with van der Waals surface area (Å²) in [6, 6.07) is 6.65. The number of benzene rings is 1. The van der Waals surface area contributed by atoms with Crippen molar-refractivity contribution >= 4 is 11.7 Å². The molecule has 1 aromatic carbocycles. The fourth-order valence-corrected chi connectivity index (χ4v) is 2.55. The maximum absolute atomic E-state index is 12.8. The molecule has 1 aliphatic carbocycles. The van der Waals surface area contributed by atoms with Crippen molar-refractivity contribution in [2.24, 2.45) is 5.92 Å². The van der Waals surface area contributed by atoms with Crippen molar-refractivity contribution < 1.29 is 14.0 Å². The minimum Gasteiger partial charge on any atom is -0.352 e. The summed E-state index contributed by atoms with van der Waals surface area (Å²) in [7, 11) is 0. The monoisotopic (exact) mass is 288 g/mol. The number of nitrogens with one attached hydrogen (secondary N) is 1. The molecule has 4 nitrogen and oxygen atoms in total. The number of hydrogen-bond acceptors (Lipinski definition) is 3. The van der Waals surface area contributed by atoms with Gasteiger partial charge in [-0.05, 0) is 37.1 Å². The summed E-state index contributed by atoms with van der Waals surface area (Å²) in [6.45, 7) is 0. The van der Waals surface area contributed by atoms with Gasteiger partial charge in [0, 0.05) is 11.6 Å². The Hall–Kier alpha value is -2.22. The van der Waals surface area contributed by atoms with Gasteiger partial charge in [-0.3, -0.25) is 9.59 Å². The molecule has 1 unspecified atom stereocenters. The molecule has 1 fully saturated rings. The van der Waals surface area contributed by atoms with Crippen molar-refractivity contribution in [3.8, 4) is 6.07 Å². The SMILES string of the molecule is N#CC(C(=O)NC1CCCCC1)C(=O)c1ccc(F)cc1. The Kier molecular flexibility index (Phi) is 5.04. The van der Waals surface area contributed by atoms with Crippen LogP contribution in [0.25, 0.3) is 0 Å². The van der Waals surface area contributed by atoms with E-state index in [1.807, 2.05) is 0 Å². The Morgan fingerprint density at radius 2 is 1.81 bits per heavy atom. The van der Waals surface area contributed by atoms with Gasteiger partial charge >= 0.3 is 0 Å². The summed E-state index contributed by atoms with van der Waals surface area (Å²) in [6.07, 6.45) is 5.02. The standard InChI is InChI=1S/C16H17FN2O2/c17-12-8-6-11(7-9-12)15(20)14(10-18)16(21)19-13-4-2-1-3-5-13/h6-9,13-14H,1-5H2,(H,19,21). The Labute approximate surface area is 123 Å². The van der Waals surface area contributed by atoms with E-state index < -0.39 is 23.4 Å². The topological polar surface area (TPSA) is 70.0 Å². The Balaban J connectivity index is 2.04. The molecule has 1 N–H and O–H groups in total. The van der Waals surface area contributed by atoms with Gasteiger partial charge in [-0.1, -0.05) is 19.3 Å². The number of carbonyl (C=O) groups is 2. The van der Waals surface area contributed by atoms with Crippen LogP contribution in [-0.2, 0) is 4.79 Å². The average Bonchev–Trinajstić information content (AvgIpc) is 2.49. The van der Waals surface area contributed by atoms with Crippen molar-refractivity contribution in [3.63, 3.8) is 0 Å². The highest BCUT2D eigenvalue weighted by Gasteiger charge is 2.29. The molecule has 0 radical (unpaired) electrons. The van der Waals surface area contributed by atoms with Gasteiger partial charge in [0.1, 0.15) is 5.82 Å². The highest BCUT2D eigenvalue weighted by Crippen LogP contribution is 2.18. The molecular weight excluding hydrogens is 271 g/mol. The van der Waals surface area contributed by atoms with Crippen LogP contribution in [0.5, 0.6) is 0 Å². The fourth-order valence-electron chi connectivity index (χ4n) is 2.55. The Morgan fingerprint density at radius 1 is 1.19 bits per heavy atom. The van der Waals surface area contributed by atoms with E-state index in [4.69, 9.17) is 5.26 Å². The van der Waals surface area contributed by atoms with Crippen LogP contribution in [0, 0.1) is 23.1 Å². The predicted molar refractivity (Wildman–Crippen MR) is 74.8 cm³/mol. The first-order chi connectivity index (χ1) is 10.1. The molecule has 0 spiro atoms. The van der Waals surface area contributed by atoms with Crippen LogP contribution in [0.3, 0.4) is 0 Å². The summed E-state index contributed by atoms with van der Waals surface area (Å²) in [4.78, 5) is 24.3. The maximum Gasteiger partial charge on any atom is 0.245 e. The minimum absolute atomic E-state index is 0.0446. The number of hydrogen-bond donors (Lipinski definition) is 1. The van der Waals surface area contributed by atoms with Crippen LogP contribution in [0.15, 0.2) is 24.3 Å². The quantitative estimate of drug-likeness (QED) is 0.684. The van der Waals surface area contributed by atoms with Gasteiger partial charge in [0.25, 0.3) is 0 Å². The summed E-state index contributed by atoms with van der Waals surface area (Å²) >= 11 is 0. The number of nitriles is 1. The molecule has 0 bridgehead atoms. The molecule has 1 amide bonds. The number of rotatable bonds is 4. The lowest BCUT2D eigenvalue weighted by atomic mass is 9.93. The molecule has 1 saturated carbocycles. The van der Waals surface area contributed by atoms with Crippen LogP contribution in [0.1, 0.15) is 42.5 Å². The molecule has 5 heteroatoms. The van der Waals surface area contributed by atoms with Gasteiger partial charge in [0.15, 0.2) is 11.7 Å². The van der Waals surface area contributed by atoms with Gasteiger partial charge < -0.3 is 5.32 Å². The lowest BCUT2D eigenvalue weighted by Gasteiger charge is -2.23. The third kappa shape index (κ3) is 3.88. The van der Waals surface area contributed by atoms with E-state index in [0.29, 0.717) is 0 Å². The van der Waals surface area contributed by atoms with Crippen LogP contribution < -0.4 is 5.32 Å². The van der Waals surface area contributed by atoms with E-state index in [2.05, 4.69) is 5.32 Å². The van der Waals surface area contributed by atoms with Crippen molar-refractivity contribution in [1.29, 1.82) is 5.26 Å². The number of Topliss-reactive ketones (excluding diaryl/α,β-unsaturated/α-hetero) is 1. The second kappa shape index (κ2) is 6.98. The third-order valence-electron chi connectivity index (χ3n) is 3.73. The Bertz CT molecular complexity index is 557. The first kappa shape index (κ1) is 15.2. The van der Waals surface area contributed by atoms with Crippen LogP contribution >= 0.6 is 0 Å². The molecule has 1 aromatic rings. The summed E-state index contributed by atoms with van der Waals surface area (Å²) < 4.78 is 12.8. The lowest BCUT2D eigenvalue weighted by Crippen LogP contribution is -2.42. The van der Waals surface area contributed by atoms with E-state index in [-0.39, 0.29) is 11.6 Å². The predicted octanol–water partition coefficient (Wildman–Crippen LogP) is 2.60. The molecular formula is C16H17FN2O2. The highest BCUT2D eigenvalue weighted by molar-refractivity contribution is 6.12. The second-order valence-corrected chi connectivity index (χ2v) is 5.28. The van der Waals surface area contributed by atoms with Gasteiger partial charge in [-0.2, -0.15) is 5.26 Å². The van der Waals surface area contributed by atoms with Gasteiger partial charge in [0.05, 0.1) is 6.07 Å². The van der Waals surface area contributed by atoms with Crippen LogP contribution in [0.2, 0.25) is 0 Å². The van der Waals surface area contributed by atoms with Crippen molar-refractivity contribution in [3.05, 3.63) is 35.6 Å². The minimum atomic E-state index is -1.38. The van der Waals surface area contributed by atoms with E-state index in [9.17, 15) is 14.0 Å². The number of halogens is 1. The molecule has 1 atom stereocenters. The summed E-state index contributed by atoms with van der Waals surface area (Å²) in [5.41, 5.74) is 0.168. The van der Waals surface area contributed by atoms with Crippen molar-refractivity contribution in [2.75, 3.05) is 0 Å². The van der Waals surface area contributed by atoms with Gasteiger partial charge in [-0.25, -0.2) is 4.39 Å². The molecule has 2 rings (SSSR count). The molecule has 0 saturated heterocycles. The molecule has 0 aliphatic heterocycles. The van der Waals surface area contributed by atoms with E-state index in [1.54, 1.807) is 6.07 Å². The normalized spacial score (nSPS) is 16.8. The van der Waals surface area contributed by atoms with E-state index >= 15 is 0 Å². The number of amides is 1. The summed E-state index contributed by atoms with van der Waals surface area (Å²) in [5, 5.41) is 11.9. The molecule has 110 valence electrons. The lowest BCUT2D eigenvalue weighted by molar-refractivity contribution is -0.123. The van der Waals surface area contributed by atoms with Crippen molar-refractivity contribution in [1.82, 2.24) is 5.32 Å². The highest BCUT2D eigenvalue weighted by atomic mass is 19.1. The number of carbonyl (C=O) groups excluding carboxylic acids is 2. The summed E-state index contributed by atoms with van der Waals surface area (Å²) in [5.74, 6) is -2.99. The van der Waals surface area contributed by atoms with E-state index in [1.165, 1.54) is 12.1 Å². The molecule has 0 aromatic heterocycles. The smallest absolute Gasteiger partial charge is 0.245 e. The first-order valence-corrected chi connectivity index (χ1v) is 7.11. The zero-order chi connectivity index (χ0) is 15.2. The zero-order valence-electron chi connectivity index (χ0n) is 11.6. The molecule has 0 heterocycles. The third-order valence-corrected chi connectivity index (χ3v) is 3.73. The largest absolute Gasteiger partial charge is 0.352 e. The van der Waals surface area contributed by atoms with Crippen LogP contribution in [-0.4, -0.2) is 17.7 Å².